The van der Waals surface area contributed by atoms with Gasteiger partial charge in [-0.2, -0.15) is 0 Å². The highest BCUT2D eigenvalue weighted by molar-refractivity contribution is 6.60. The van der Waals surface area contributed by atoms with Crippen LogP contribution < -0.4 is 18.9 Å². The van der Waals surface area contributed by atoms with E-state index in [1.165, 1.54) is 0 Å². The molecule has 1 fully saturated rings. The first-order valence-electron chi connectivity index (χ1n) is 14.6. The van der Waals surface area contributed by atoms with E-state index in [9.17, 15) is 9.59 Å². The zero-order chi connectivity index (χ0) is 31.5. The van der Waals surface area contributed by atoms with E-state index in [1.807, 2.05) is 24.3 Å². The Bertz CT molecular complexity index is 1220. The molecular weight excluding hydrogens is 608 g/mol. The van der Waals surface area contributed by atoms with Crippen LogP contribution in [-0.4, -0.2) is 85.4 Å². The summed E-state index contributed by atoms with van der Waals surface area (Å²) in [6.07, 6.45) is 1.31. The van der Waals surface area contributed by atoms with Gasteiger partial charge in [0.15, 0.2) is 0 Å². The molecule has 2 aromatic carbocycles. The van der Waals surface area contributed by atoms with Crippen LogP contribution in [0.25, 0.3) is 0 Å². The lowest BCUT2D eigenvalue weighted by molar-refractivity contribution is -0.161. The fourth-order valence-corrected chi connectivity index (χ4v) is 9.85. The second-order valence-electron chi connectivity index (χ2n) is 10.8. The minimum Gasteiger partial charge on any atom is -0.493 e. The fourth-order valence-electron chi connectivity index (χ4n) is 6.47. The molecule has 1 saturated carbocycles. The van der Waals surface area contributed by atoms with Crippen LogP contribution in [0.1, 0.15) is 35.8 Å². The largest absolute Gasteiger partial charge is 0.500 e. The molecule has 44 heavy (non-hydrogen) atoms. The second kappa shape index (κ2) is 13.7. The highest BCUT2D eigenvalue weighted by atomic mass is 28.4. The Balaban J connectivity index is 1.23. The molecule has 0 saturated heterocycles. The Morgan fingerprint density at radius 3 is 1.27 bits per heavy atom. The predicted octanol–water partition coefficient (Wildman–Crippen LogP) is 3.93. The number of ether oxygens (including phenoxy) is 4. The van der Waals surface area contributed by atoms with Crippen LogP contribution in [0.15, 0.2) is 36.4 Å². The SMILES string of the molecule is CO[Si](CCCOc1ccc2c(c1)OC(=O)C1C2C2C(=O)Oc3cc(OCCC[Si](OC)(OC)OC)ccc3C12)(OC)OC. The second-order valence-corrected chi connectivity index (χ2v) is 17.0. The first-order chi connectivity index (χ1) is 21.3. The summed E-state index contributed by atoms with van der Waals surface area (Å²) >= 11 is 0. The van der Waals surface area contributed by atoms with E-state index >= 15 is 0 Å². The van der Waals surface area contributed by atoms with Crippen molar-refractivity contribution in [2.24, 2.45) is 11.8 Å². The van der Waals surface area contributed by atoms with Crippen molar-refractivity contribution in [1.82, 2.24) is 0 Å². The van der Waals surface area contributed by atoms with Gasteiger partial charge in [-0.25, -0.2) is 0 Å². The number of hydrogen-bond acceptors (Lipinski definition) is 12. The monoisotopic (exact) mass is 648 g/mol. The van der Waals surface area contributed by atoms with E-state index in [2.05, 4.69) is 0 Å². The lowest BCUT2D eigenvalue weighted by Crippen LogP contribution is -2.56. The van der Waals surface area contributed by atoms with Crippen molar-refractivity contribution in [3.63, 3.8) is 0 Å². The van der Waals surface area contributed by atoms with Crippen LogP contribution in [0.5, 0.6) is 23.0 Å². The smallest absolute Gasteiger partial charge is 0.493 e. The summed E-state index contributed by atoms with van der Waals surface area (Å²) < 4.78 is 56.1. The van der Waals surface area contributed by atoms with Crippen molar-refractivity contribution in [3.05, 3.63) is 47.5 Å². The van der Waals surface area contributed by atoms with Crippen LogP contribution in [0.3, 0.4) is 0 Å². The van der Waals surface area contributed by atoms with E-state index in [0.29, 0.717) is 61.1 Å². The molecule has 3 aliphatic rings. The molecule has 12 nitrogen and oxygen atoms in total. The number of carbonyl (C=O) groups is 2. The molecule has 240 valence electrons. The van der Waals surface area contributed by atoms with Crippen LogP contribution in [0, 0.1) is 11.8 Å². The molecule has 0 bridgehead atoms. The van der Waals surface area contributed by atoms with Crippen LogP contribution in [0.2, 0.25) is 12.1 Å². The molecule has 0 atom stereocenters. The van der Waals surface area contributed by atoms with Crippen molar-refractivity contribution in [1.29, 1.82) is 0 Å². The van der Waals surface area contributed by atoms with Gasteiger partial charge in [-0.1, -0.05) is 12.1 Å². The molecule has 2 aromatic rings. The van der Waals surface area contributed by atoms with Gasteiger partial charge in [0.05, 0.1) is 25.0 Å². The average Bonchev–Trinajstić information content (AvgIpc) is 3.02. The summed E-state index contributed by atoms with van der Waals surface area (Å²) in [5.74, 6) is -0.400. The number of benzene rings is 2. The number of hydrogen-bond donors (Lipinski definition) is 0. The van der Waals surface area contributed by atoms with E-state index in [4.69, 9.17) is 45.5 Å². The van der Waals surface area contributed by atoms with Gasteiger partial charge in [0.1, 0.15) is 23.0 Å². The molecule has 2 aliphatic heterocycles. The quantitative estimate of drug-likeness (QED) is 0.113. The third-order valence-corrected chi connectivity index (χ3v) is 14.5. The van der Waals surface area contributed by atoms with Crippen molar-refractivity contribution < 1.29 is 55.1 Å². The Morgan fingerprint density at radius 1 is 0.568 bits per heavy atom. The Morgan fingerprint density at radius 2 is 0.932 bits per heavy atom. The maximum Gasteiger partial charge on any atom is 0.500 e. The molecule has 0 radical (unpaired) electrons. The average molecular weight is 649 g/mol. The molecule has 1 aliphatic carbocycles. The maximum absolute atomic E-state index is 13.3. The molecule has 2 heterocycles. The maximum atomic E-state index is 13.3. The van der Waals surface area contributed by atoms with E-state index in [-0.39, 0.29) is 23.8 Å². The van der Waals surface area contributed by atoms with E-state index in [0.717, 1.165) is 11.1 Å². The minimum atomic E-state index is -2.68. The zero-order valence-corrected chi connectivity index (χ0v) is 27.9. The Hall–Kier alpha value is -2.83. The van der Waals surface area contributed by atoms with Crippen molar-refractivity contribution in [2.45, 2.75) is 36.8 Å². The molecule has 0 unspecified atom stereocenters. The van der Waals surface area contributed by atoms with Gasteiger partial charge >= 0.3 is 29.5 Å². The summed E-state index contributed by atoms with van der Waals surface area (Å²) in [5, 5.41) is 0. The molecular formula is C30H40O12Si2. The van der Waals surface area contributed by atoms with E-state index in [1.54, 1.807) is 54.8 Å². The Labute approximate surface area is 259 Å². The van der Waals surface area contributed by atoms with Crippen molar-refractivity contribution in [3.8, 4) is 23.0 Å². The molecule has 14 heteroatoms. The molecule has 5 rings (SSSR count). The van der Waals surface area contributed by atoms with Gasteiger partial charge in [-0.15, -0.1) is 0 Å². The van der Waals surface area contributed by atoms with E-state index < -0.39 is 29.4 Å². The minimum absolute atomic E-state index is 0.328. The number of esters is 2. The normalized spacial score (nSPS) is 22.0. The summed E-state index contributed by atoms with van der Waals surface area (Å²) in [6.45, 7) is 0.804. The van der Waals surface area contributed by atoms with Gasteiger partial charge in [-0.3, -0.25) is 9.59 Å². The predicted molar refractivity (Wildman–Crippen MR) is 160 cm³/mol. The Kier molecular flexibility index (Phi) is 10.1. The van der Waals surface area contributed by atoms with Crippen LogP contribution >= 0.6 is 0 Å². The lowest BCUT2D eigenvalue weighted by Gasteiger charge is -2.53. The van der Waals surface area contributed by atoms with Crippen LogP contribution in [-0.2, 0) is 36.1 Å². The van der Waals surface area contributed by atoms with Crippen molar-refractivity contribution >= 4 is 29.5 Å². The third kappa shape index (κ3) is 6.05. The third-order valence-electron chi connectivity index (χ3n) is 8.86. The zero-order valence-electron chi connectivity index (χ0n) is 25.9. The number of carbonyl (C=O) groups excluding carboxylic acids is 2. The van der Waals surface area contributed by atoms with Crippen molar-refractivity contribution in [2.75, 3.05) is 55.9 Å². The first kappa shape index (κ1) is 32.6. The highest BCUT2D eigenvalue weighted by Gasteiger charge is 2.64. The summed E-state index contributed by atoms with van der Waals surface area (Å²) in [6, 6.07) is 12.0. The molecule has 0 aromatic heterocycles. The molecule has 0 spiro atoms. The van der Waals surface area contributed by atoms with Gasteiger partial charge in [0, 0.05) is 89.8 Å². The fraction of sp³-hybridized carbons (Fsp3) is 0.533. The number of fused-ring (bicyclic) bond motifs is 8. The topological polar surface area (TPSA) is 126 Å². The lowest BCUT2D eigenvalue weighted by atomic mass is 9.51. The molecule has 0 N–H and O–H groups in total. The summed E-state index contributed by atoms with van der Waals surface area (Å²) in [5.41, 5.74) is 1.60. The summed E-state index contributed by atoms with van der Waals surface area (Å²) in [7, 11) is 4.09. The first-order valence-corrected chi connectivity index (χ1v) is 18.4. The standard InChI is InChI=1S/C30H40O12Si2/c1-33-43(34-2,35-3)15-7-13-39-19-9-11-21-23(17-19)41-29(31)27-25(21)28-26(27)22-12-10-20(18-24(22)42-30(28)32)40-14-8-16-44(36-4,37-5)38-6/h9-12,17-18,25-28H,7-8,13-16H2,1-6H3. The molecule has 0 amide bonds. The van der Waals surface area contributed by atoms with Gasteiger partial charge in [0.25, 0.3) is 0 Å². The van der Waals surface area contributed by atoms with Crippen LogP contribution in [0.4, 0.5) is 0 Å². The van der Waals surface area contributed by atoms with Gasteiger partial charge < -0.3 is 45.5 Å². The summed E-state index contributed by atoms with van der Waals surface area (Å²) in [4.78, 5) is 26.5. The van der Waals surface area contributed by atoms with Gasteiger partial charge in [-0.05, 0) is 25.0 Å². The highest BCUT2D eigenvalue weighted by Crippen LogP contribution is 2.64. The van der Waals surface area contributed by atoms with Gasteiger partial charge in [0.2, 0.25) is 0 Å². The number of rotatable bonds is 16.